The number of ether oxygens (including phenoxy) is 1. The number of halogens is 3. The summed E-state index contributed by atoms with van der Waals surface area (Å²) in [4.78, 5) is 5.09. The van der Waals surface area contributed by atoms with Crippen LogP contribution in [0.25, 0.3) is 16.2 Å². The Morgan fingerprint density at radius 3 is 2.55 bits per heavy atom. The Hall–Kier alpha value is -3.05. The van der Waals surface area contributed by atoms with Crippen LogP contribution in [0.15, 0.2) is 71.2 Å². The van der Waals surface area contributed by atoms with Crippen molar-refractivity contribution in [3.8, 4) is 17.0 Å². The Balaban J connectivity index is 1.56. The highest BCUT2D eigenvalue weighted by molar-refractivity contribution is 7.92. The van der Waals surface area contributed by atoms with Crippen LogP contribution in [0, 0.1) is 0 Å². The van der Waals surface area contributed by atoms with Crippen molar-refractivity contribution in [2.75, 3.05) is 4.72 Å². The molecule has 2 aromatic heterocycles. The molecule has 0 fully saturated rings. The molecule has 2 aromatic carbocycles. The van der Waals surface area contributed by atoms with Gasteiger partial charge in [0.15, 0.2) is 4.96 Å². The molecule has 29 heavy (non-hydrogen) atoms. The number of imidazole rings is 1. The summed E-state index contributed by atoms with van der Waals surface area (Å²) in [6, 6.07) is 10.6. The van der Waals surface area contributed by atoms with Gasteiger partial charge < -0.3 is 4.74 Å². The van der Waals surface area contributed by atoms with E-state index in [1.165, 1.54) is 11.3 Å². The van der Waals surface area contributed by atoms with Crippen LogP contribution in [0.5, 0.6) is 5.75 Å². The van der Waals surface area contributed by atoms with Gasteiger partial charge in [-0.05, 0) is 36.4 Å². The molecule has 0 aliphatic heterocycles. The van der Waals surface area contributed by atoms with Gasteiger partial charge in [-0.25, -0.2) is 13.4 Å². The maximum Gasteiger partial charge on any atom is 0.573 e. The zero-order chi connectivity index (χ0) is 20.6. The highest BCUT2D eigenvalue weighted by atomic mass is 32.2. The molecular formula is C18H12F3N3O3S2. The molecule has 0 bridgehead atoms. The van der Waals surface area contributed by atoms with E-state index in [1.54, 1.807) is 24.3 Å². The molecule has 0 unspecified atom stereocenters. The van der Waals surface area contributed by atoms with E-state index < -0.39 is 22.1 Å². The molecule has 4 rings (SSSR count). The average Bonchev–Trinajstić information content (AvgIpc) is 3.22. The third-order valence-electron chi connectivity index (χ3n) is 3.87. The Morgan fingerprint density at radius 2 is 1.86 bits per heavy atom. The standard InChI is InChI=1S/C18H12F3N3O3S2/c19-18(20,21)27-14-4-6-15(7-5-14)29(25,26)23-13-3-1-2-12(10-13)16-11-24-8-9-28-17(24)22-16/h1-11,23H. The molecule has 6 nitrogen and oxygen atoms in total. The first kappa shape index (κ1) is 19.3. The van der Waals surface area contributed by atoms with Gasteiger partial charge in [0.2, 0.25) is 0 Å². The first-order valence-electron chi connectivity index (χ1n) is 8.11. The van der Waals surface area contributed by atoms with Gasteiger partial charge >= 0.3 is 6.36 Å². The Morgan fingerprint density at radius 1 is 1.10 bits per heavy atom. The van der Waals surface area contributed by atoms with E-state index in [1.807, 2.05) is 22.2 Å². The maximum atomic E-state index is 12.6. The van der Waals surface area contributed by atoms with Gasteiger partial charge in [-0.15, -0.1) is 24.5 Å². The molecule has 4 aromatic rings. The van der Waals surface area contributed by atoms with E-state index >= 15 is 0 Å². The lowest BCUT2D eigenvalue weighted by atomic mass is 10.1. The molecule has 0 saturated heterocycles. The lowest BCUT2D eigenvalue weighted by molar-refractivity contribution is -0.274. The second-order valence-electron chi connectivity index (χ2n) is 5.92. The van der Waals surface area contributed by atoms with Gasteiger partial charge in [0.05, 0.1) is 10.6 Å². The molecule has 0 atom stereocenters. The molecule has 0 aliphatic carbocycles. The van der Waals surface area contributed by atoms with E-state index in [9.17, 15) is 21.6 Å². The van der Waals surface area contributed by atoms with E-state index in [2.05, 4.69) is 14.4 Å². The molecule has 1 N–H and O–H groups in total. The molecular weight excluding hydrogens is 427 g/mol. The third kappa shape index (κ3) is 4.35. The fourth-order valence-corrected chi connectivity index (χ4v) is 4.39. The highest BCUT2D eigenvalue weighted by Crippen LogP contribution is 2.27. The number of hydrogen-bond acceptors (Lipinski definition) is 5. The summed E-state index contributed by atoms with van der Waals surface area (Å²) in [5, 5.41) is 1.90. The Bertz CT molecular complexity index is 1230. The third-order valence-corrected chi connectivity index (χ3v) is 6.04. The smallest absolute Gasteiger partial charge is 0.406 e. The Kier molecular flexibility index (Phi) is 4.71. The summed E-state index contributed by atoms with van der Waals surface area (Å²) in [7, 11) is -4.00. The average molecular weight is 439 g/mol. The predicted octanol–water partition coefficient (Wildman–Crippen LogP) is 4.76. The minimum atomic E-state index is -4.85. The summed E-state index contributed by atoms with van der Waals surface area (Å²) < 4.78 is 69.8. The van der Waals surface area contributed by atoms with Crippen molar-refractivity contribution in [3.05, 3.63) is 66.3 Å². The van der Waals surface area contributed by atoms with E-state index in [0.717, 1.165) is 34.8 Å². The first-order valence-corrected chi connectivity index (χ1v) is 10.5. The van der Waals surface area contributed by atoms with Crippen molar-refractivity contribution < 1.29 is 26.3 Å². The summed E-state index contributed by atoms with van der Waals surface area (Å²) in [5.74, 6) is -0.502. The van der Waals surface area contributed by atoms with Crippen molar-refractivity contribution in [2.24, 2.45) is 0 Å². The first-order chi connectivity index (χ1) is 13.7. The summed E-state index contributed by atoms with van der Waals surface area (Å²) >= 11 is 1.48. The molecule has 2 heterocycles. The highest BCUT2D eigenvalue weighted by Gasteiger charge is 2.31. The zero-order valence-corrected chi connectivity index (χ0v) is 16.1. The van der Waals surface area contributed by atoms with Crippen LogP contribution >= 0.6 is 11.3 Å². The number of nitrogens with zero attached hydrogens (tertiary/aromatic N) is 2. The molecule has 0 saturated carbocycles. The van der Waals surface area contributed by atoms with Crippen LogP contribution in [0.3, 0.4) is 0 Å². The minimum Gasteiger partial charge on any atom is -0.406 e. The number of nitrogens with one attached hydrogen (secondary N) is 1. The molecule has 0 aliphatic rings. The van der Waals surface area contributed by atoms with Gasteiger partial charge in [0.1, 0.15) is 5.75 Å². The lowest BCUT2D eigenvalue weighted by Gasteiger charge is -2.11. The van der Waals surface area contributed by atoms with Gasteiger partial charge in [0, 0.05) is 29.0 Å². The predicted molar refractivity (Wildman–Crippen MR) is 102 cm³/mol. The zero-order valence-electron chi connectivity index (χ0n) is 14.4. The van der Waals surface area contributed by atoms with Crippen LogP contribution in [0.4, 0.5) is 18.9 Å². The largest absolute Gasteiger partial charge is 0.573 e. The molecule has 0 spiro atoms. The number of rotatable bonds is 5. The number of benzene rings is 2. The van der Waals surface area contributed by atoms with Crippen molar-refractivity contribution in [2.45, 2.75) is 11.3 Å². The summed E-state index contributed by atoms with van der Waals surface area (Å²) in [6.45, 7) is 0. The summed E-state index contributed by atoms with van der Waals surface area (Å²) in [5.41, 5.74) is 1.70. The molecule has 0 radical (unpaired) electrons. The van der Waals surface area contributed by atoms with Crippen molar-refractivity contribution in [1.29, 1.82) is 0 Å². The van der Waals surface area contributed by atoms with Crippen molar-refractivity contribution >= 4 is 32.0 Å². The van der Waals surface area contributed by atoms with Gasteiger partial charge in [-0.2, -0.15) is 0 Å². The number of aromatic nitrogens is 2. The van der Waals surface area contributed by atoms with E-state index in [0.29, 0.717) is 11.4 Å². The number of thiazole rings is 1. The van der Waals surface area contributed by atoms with Crippen LogP contribution in [-0.2, 0) is 10.0 Å². The van der Waals surface area contributed by atoms with Crippen LogP contribution in [-0.4, -0.2) is 24.2 Å². The quantitative estimate of drug-likeness (QED) is 0.487. The maximum absolute atomic E-state index is 12.6. The summed E-state index contributed by atoms with van der Waals surface area (Å²) in [6.07, 6.45) is -1.14. The molecule has 11 heteroatoms. The van der Waals surface area contributed by atoms with Gasteiger partial charge in [-0.3, -0.25) is 9.12 Å². The van der Waals surface area contributed by atoms with E-state index in [-0.39, 0.29) is 4.90 Å². The van der Waals surface area contributed by atoms with E-state index in [4.69, 9.17) is 0 Å². The van der Waals surface area contributed by atoms with Crippen LogP contribution < -0.4 is 9.46 Å². The molecule has 0 amide bonds. The molecule has 150 valence electrons. The Labute approximate surface area is 167 Å². The number of anilines is 1. The lowest BCUT2D eigenvalue weighted by Crippen LogP contribution is -2.17. The number of hydrogen-bond donors (Lipinski definition) is 1. The fourth-order valence-electron chi connectivity index (χ4n) is 2.64. The fraction of sp³-hybridized carbons (Fsp3) is 0.0556. The number of alkyl halides is 3. The van der Waals surface area contributed by atoms with Crippen molar-refractivity contribution in [1.82, 2.24) is 9.38 Å². The second-order valence-corrected chi connectivity index (χ2v) is 8.48. The SMILES string of the molecule is O=S(=O)(Nc1cccc(-c2cn3ccsc3n2)c1)c1ccc(OC(F)(F)F)cc1. The second kappa shape index (κ2) is 7.08. The van der Waals surface area contributed by atoms with Gasteiger partial charge in [-0.1, -0.05) is 12.1 Å². The van der Waals surface area contributed by atoms with Gasteiger partial charge in [0.25, 0.3) is 10.0 Å². The van der Waals surface area contributed by atoms with Crippen LogP contribution in [0.1, 0.15) is 0 Å². The van der Waals surface area contributed by atoms with Crippen LogP contribution in [0.2, 0.25) is 0 Å². The van der Waals surface area contributed by atoms with Crippen molar-refractivity contribution in [3.63, 3.8) is 0 Å². The normalized spacial score (nSPS) is 12.2. The topological polar surface area (TPSA) is 72.7 Å². The monoisotopic (exact) mass is 439 g/mol. The number of fused-ring (bicyclic) bond motifs is 1. The minimum absolute atomic E-state index is 0.195. The number of sulfonamides is 1.